The van der Waals surface area contributed by atoms with Gasteiger partial charge in [-0.05, 0) is 62.6 Å². The molecule has 0 unspecified atom stereocenters. The summed E-state index contributed by atoms with van der Waals surface area (Å²) in [7, 11) is -3.51. The van der Waals surface area contributed by atoms with Crippen molar-refractivity contribution in [1.82, 2.24) is 14.5 Å². The molecule has 0 saturated carbocycles. The van der Waals surface area contributed by atoms with Crippen molar-refractivity contribution >= 4 is 21.9 Å². The Morgan fingerprint density at radius 2 is 1.73 bits per heavy atom. The molecule has 0 bridgehead atoms. The third kappa shape index (κ3) is 3.99. The number of carbonyl (C=O) groups is 1. The normalized spacial score (nSPS) is 14.7. The smallest absolute Gasteiger partial charge is 0.322 e. The summed E-state index contributed by atoms with van der Waals surface area (Å²) in [4.78, 5) is 12.7. The van der Waals surface area contributed by atoms with Gasteiger partial charge in [0.1, 0.15) is 0 Å². The van der Waals surface area contributed by atoms with Gasteiger partial charge >= 0.3 is 6.01 Å². The molecule has 1 amide bonds. The highest BCUT2D eigenvalue weighted by molar-refractivity contribution is 7.89. The Balaban J connectivity index is 1.47. The highest BCUT2D eigenvalue weighted by atomic mass is 32.2. The number of nitrogens with zero attached hydrogens (tertiary/aromatic N) is 3. The first-order valence-corrected chi connectivity index (χ1v) is 11.1. The Labute approximate surface area is 175 Å². The molecule has 9 heteroatoms. The summed E-state index contributed by atoms with van der Waals surface area (Å²) in [5.41, 5.74) is 3.21. The van der Waals surface area contributed by atoms with Crippen LogP contribution in [0.1, 0.15) is 34.3 Å². The minimum atomic E-state index is -3.51. The predicted molar refractivity (Wildman–Crippen MR) is 112 cm³/mol. The van der Waals surface area contributed by atoms with Gasteiger partial charge in [-0.25, -0.2) is 8.42 Å². The summed E-state index contributed by atoms with van der Waals surface area (Å²) >= 11 is 0. The van der Waals surface area contributed by atoms with Gasteiger partial charge in [0.2, 0.25) is 15.9 Å². The number of sulfonamides is 1. The number of aromatic nitrogens is 2. The number of carbonyl (C=O) groups excluding carboxylic acids is 1. The van der Waals surface area contributed by atoms with Crippen LogP contribution < -0.4 is 5.32 Å². The molecule has 0 aliphatic carbocycles. The van der Waals surface area contributed by atoms with E-state index in [1.165, 1.54) is 28.6 Å². The van der Waals surface area contributed by atoms with Crippen molar-refractivity contribution in [3.63, 3.8) is 0 Å². The monoisotopic (exact) mass is 426 g/mol. The maximum absolute atomic E-state index is 12.6. The van der Waals surface area contributed by atoms with Crippen LogP contribution in [0.25, 0.3) is 11.5 Å². The standard InChI is InChI=1S/C21H22N4O4S/c1-14-5-10-18(15(2)13-14)20-23-24-21(29-20)22-19(26)16-6-8-17(9-7-16)30(27,28)25-11-3-4-12-25/h5-10,13H,3-4,11-12H2,1-2H3,(H,22,24,26). The Morgan fingerprint density at radius 3 is 2.40 bits per heavy atom. The number of hydrogen-bond acceptors (Lipinski definition) is 6. The molecular weight excluding hydrogens is 404 g/mol. The van der Waals surface area contributed by atoms with Crippen LogP contribution in [0.2, 0.25) is 0 Å². The SMILES string of the molecule is Cc1ccc(-c2nnc(NC(=O)c3ccc(S(=O)(=O)N4CCCC4)cc3)o2)c(C)c1. The third-order valence-corrected chi connectivity index (χ3v) is 6.99. The van der Waals surface area contributed by atoms with Crippen molar-refractivity contribution in [2.45, 2.75) is 31.6 Å². The molecule has 4 rings (SSSR count). The van der Waals surface area contributed by atoms with Crippen LogP contribution >= 0.6 is 0 Å². The molecule has 8 nitrogen and oxygen atoms in total. The lowest BCUT2D eigenvalue weighted by Gasteiger charge is -2.15. The highest BCUT2D eigenvalue weighted by Crippen LogP contribution is 2.25. The first-order chi connectivity index (χ1) is 14.3. The molecular formula is C21H22N4O4S. The van der Waals surface area contributed by atoms with Crippen LogP contribution in [0, 0.1) is 13.8 Å². The molecule has 0 atom stereocenters. The lowest BCUT2D eigenvalue weighted by molar-refractivity contribution is 0.102. The summed E-state index contributed by atoms with van der Waals surface area (Å²) in [6.07, 6.45) is 1.74. The van der Waals surface area contributed by atoms with Crippen LogP contribution in [-0.4, -0.2) is 41.9 Å². The molecule has 1 aliphatic heterocycles. The second kappa shape index (κ2) is 8.00. The molecule has 1 aliphatic rings. The van der Waals surface area contributed by atoms with Gasteiger partial charge in [-0.15, -0.1) is 5.10 Å². The van der Waals surface area contributed by atoms with Crippen LogP contribution in [0.15, 0.2) is 51.8 Å². The van der Waals surface area contributed by atoms with Gasteiger partial charge in [0.05, 0.1) is 4.90 Å². The number of aryl methyl sites for hydroxylation is 2. The number of nitrogens with one attached hydrogen (secondary N) is 1. The topological polar surface area (TPSA) is 105 Å². The summed E-state index contributed by atoms with van der Waals surface area (Å²) < 4.78 is 32.2. The molecule has 30 heavy (non-hydrogen) atoms. The van der Waals surface area contributed by atoms with E-state index in [9.17, 15) is 13.2 Å². The Hall–Kier alpha value is -3.04. The summed E-state index contributed by atoms with van der Waals surface area (Å²) in [5.74, 6) is -0.147. The Kier molecular flexibility index (Phi) is 5.40. The number of amides is 1. The minimum Gasteiger partial charge on any atom is -0.403 e. The molecule has 1 fully saturated rings. The maximum atomic E-state index is 12.6. The van der Waals surface area contributed by atoms with E-state index in [4.69, 9.17) is 4.42 Å². The zero-order valence-electron chi connectivity index (χ0n) is 16.8. The first kappa shape index (κ1) is 20.2. The average Bonchev–Trinajstić information content (AvgIpc) is 3.41. The fourth-order valence-corrected chi connectivity index (χ4v) is 4.98. The van der Waals surface area contributed by atoms with Crippen molar-refractivity contribution in [3.05, 3.63) is 59.2 Å². The predicted octanol–water partition coefficient (Wildman–Crippen LogP) is 3.39. The van der Waals surface area contributed by atoms with Crippen molar-refractivity contribution in [2.24, 2.45) is 0 Å². The van der Waals surface area contributed by atoms with E-state index in [2.05, 4.69) is 15.5 Å². The average molecular weight is 426 g/mol. The molecule has 156 valence electrons. The van der Waals surface area contributed by atoms with Gasteiger partial charge in [0.15, 0.2) is 0 Å². The lowest BCUT2D eigenvalue weighted by atomic mass is 10.1. The highest BCUT2D eigenvalue weighted by Gasteiger charge is 2.27. The van der Waals surface area contributed by atoms with E-state index in [1.807, 2.05) is 32.0 Å². The molecule has 3 aromatic rings. The minimum absolute atomic E-state index is 0.0243. The van der Waals surface area contributed by atoms with Gasteiger partial charge in [0.25, 0.3) is 5.91 Å². The van der Waals surface area contributed by atoms with Gasteiger partial charge < -0.3 is 4.42 Å². The van der Waals surface area contributed by atoms with Gasteiger partial charge in [-0.1, -0.05) is 22.8 Å². The van der Waals surface area contributed by atoms with E-state index in [0.29, 0.717) is 24.5 Å². The fraction of sp³-hybridized carbons (Fsp3) is 0.286. The zero-order valence-corrected chi connectivity index (χ0v) is 17.6. The van der Waals surface area contributed by atoms with E-state index in [-0.39, 0.29) is 10.9 Å². The van der Waals surface area contributed by atoms with Crippen molar-refractivity contribution in [3.8, 4) is 11.5 Å². The fourth-order valence-electron chi connectivity index (χ4n) is 3.46. The molecule has 1 saturated heterocycles. The summed E-state index contributed by atoms with van der Waals surface area (Å²) in [5, 5.41) is 10.4. The maximum Gasteiger partial charge on any atom is 0.322 e. The van der Waals surface area contributed by atoms with Crippen molar-refractivity contribution < 1.29 is 17.6 Å². The lowest BCUT2D eigenvalue weighted by Crippen LogP contribution is -2.27. The Morgan fingerprint density at radius 1 is 1.03 bits per heavy atom. The van der Waals surface area contributed by atoms with Crippen LogP contribution in [-0.2, 0) is 10.0 Å². The molecule has 0 spiro atoms. The number of hydrogen-bond donors (Lipinski definition) is 1. The van der Waals surface area contributed by atoms with Gasteiger partial charge in [-0.2, -0.15) is 4.31 Å². The molecule has 2 heterocycles. The van der Waals surface area contributed by atoms with Gasteiger partial charge in [-0.3, -0.25) is 10.1 Å². The van der Waals surface area contributed by atoms with Crippen LogP contribution in [0.5, 0.6) is 0 Å². The largest absolute Gasteiger partial charge is 0.403 e. The number of benzene rings is 2. The van der Waals surface area contributed by atoms with Crippen molar-refractivity contribution in [2.75, 3.05) is 18.4 Å². The van der Waals surface area contributed by atoms with Crippen LogP contribution in [0.4, 0.5) is 6.01 Å². The summed E-state index contributed by atoms with van der Waals surface area (Å²) in [6.45, 7) is 5.01. The molecule has 1 N–H and O–H groups in total. The van der Waals surface area contributed by atoms with Crippen LogP contribution in [0.3, 0.4) is 0 Å². The Bertz CT molecular complexity index is 1180. The van der Waals surface area contributed by atoms with E-state index < -0.39 is 15.9 Å². The van der Waals surface area contributed by atoms with Gasteiger partial charge in [0, 0.05) is 24.2 Å². The molecule has 1 aromatic heterocycles. The number of rotatable bonds is 5. The second-order valence-electron chi connectivity index (χ2n) is 7.32. The van der Waals surface area contributed by atoms with Crippen molar-refractivity contribution in [1.29, 1.82) is 0 Å². The van der Waals surface area contributed by atoms with E-state index in [0.717, 1.165) is 29.5 Å². The quantitative estimate of drug-likeness (QED) is 0.670. The third-order valence-electron chi connectivity index (χ3n) is 5.08. The first-order valence-electron chi connectivity index (χ1n) is 9.67. The summed E-state index contributed by atoms with van der Waals surface area (Å²) in [6, 6.07) is 11.7. The van der Waals surface area contributed by atoms with E-state index >= 15 is 0 Å². The second-order valence-corrected chi connectivity index (χ2v) is 9.26. The van der Waals surface area contributed by atoms with E-state index in [1.54, 1.807) is 0 Å². The molecule has 2 aromatic carbocycles. The zero-order chi connectivity index (χ0) is 21.3. The number of anilines is 1. The molecule has 0 radical (unpaired) electrons.